The zero-order valence-corrected chi connectivity index (χ0v) is 10.3. The second-order valence-electron chi connectivity index (χ2n) is 4.67. The maximum Gasteiger partial charge on any atom is 0.163 e. The molecule has 1 heterocycles. The summed E-state index contributed by atoms with van der Waals surface area (Å²) in [6, 6.07) is 0. The highest BCUT2D eigenvalue weighted by Gasteiger charge is 2.17. The van der Waals surface area contributed by atoms with Crippen LogP contribution in [-0.2, 0) is 7.05 Å². The summed E-state index contributed by atoms with van der Waals surface area (Å²) in [6.07, 6.45) is 0. The molecule has 4 nitrogen and oxygen atoms in total. The number of nitrogens with zero attached hydrogens (tertiary/aromatic N) is 4. The fourth-order valence-electron chi connectivity index (χ4n) is 1.03. The van der Waals surface area contributed by atoms with Gasteiger partial charge in [0.15, 0.2) is 5.82 Å². The fraction of sp³-hybridized carbons (Fsp3) is 0.889. The number of hydrogen-bond donors (Lipinski definition) is 0. The van der Waals surface area contributed by atoms with Crippen molar-refractivity contribution in [2.75, 3.05) is 5.75 Å². The largest absolute Gasteiger partial charge is 0.232 e. The Bertz CT molecular complexity index is 289. The summed E-state index contributed by atoms with van der Waals surface area (Å²) in [7, 11) is 1.88. The van der Waals surface area contributed by atoms with Crippen molar-refractivity contribution in [3.05, 3.63) is 5.82 Å². The van der Waals surface area contributed by atoms with E-state index in [-0.39, 0.29) is 0 Å². The van der Waals surface area contributed by atoms with Crippen molar-refractivity contribution >= 4 is 11.8 Å². The van der Waals surface area contributed by atoms with E-state index in [1.807, 2.05) is 18.8 Å². The maximum absolute atomic E-state index is 4.00. The molecule has 0 saturated heterocycles. The Hall–Kier alpha value is -0.580. The van der Waals surface area contributed by atoms with Crippen LogP contribution in [0.5, 0.6) is 0 Å². The summed E-state index contributed by atoms with van der Waals surface area (Å²) in [6.45, 7) is 8.85. The molecular weight excluding hydrogens is 196 g/mol. The molecule has 80 valence electrons. The molecule has 1 atom stereocenters. The molecule has 14 heavy (non-hydrogen) atoms. The molecule has 0 aliphatic heterocycles. The molecule has 1 unspecified atom stereocenters. The summed E-state index contributed by atoms with van der Waals surface area (Å²) in [5.41, 5.74) is 0.352. The second-order valence-corrected chi connectivity index (χ2v) is 6.00. The first kappa shape index (κ1) is 11.5. The molecule has 0 fully saturated rings. The van der Waals surface area contributed by atoms with E-state index < -0.39 is 0 Å². The summed E-state index contributed by atoms with van der Waals surface area (Å²) in [5, 5.41) is 11.8. The lowest BCUT2D eigenvalue weighted by Crippen LogP contribution is -2.11. The van der Waals surface area contributed by atoms with Gasteiger partial charge < -0.3 is 0 Å². The van der Waals surface area contributed by atoms with Crippen molar-refractivity contribution in [3.8, 4) is 0 Å². The highest BCUT2D eigenvalue weighted by Crippen LogP contribution is 2.31. The topological polar surface area (TPSA) is 43.6 Å². The van der Waals surface area contributed by atoms with Gasteiger partial charge >= 0.3 is 0 Å². The first-order chi connectivity index (χ1) is 6.40. The molecule has 0 aliphatic carbocycles. The highest BCUT2D eigenvalue weighted by atomic mass is 32.2. The Morgan fingerprint density at radius 1 is 1.43 bits per heavy atom. The van der Waals surface area contributed by atoms with Crippen LogP contribution < -0.4 is 0 Å². The minimum Gasteiger partial charge on any atom is -0.232 e. The van der Waals surface area contributed by atoms with Crippen LogP contribution in [0.15, 0.2) is 0 Å². The van der Waals surface area contributed by atoms with Crippen LogP contribution in [0.25, 0.3) is 0 Å². The molecule has 1 aromatic rings. The minimum atomic E-state index is 0.352. The fourth-order valence-corrected chi connectivity index (χ4v) is 2.13. The van der Waals surface area contributed by atoms with Gasteiger partial charge in [-0.2, -0.15) is 11.8 Å². The molecule has 1 aromatic heterocycles. The number of aromatic nitrogens is 4. The molecular formula is C9H18N4S. The Labute approximate surface area is 89.5 Å². The molecule has 0 aromatic carbocycles. The predicted molar refractivity (Wildman–Crippen MR) is 59.1 cm³/mol. The standard InChI is InChI=1S/C9H18N4S/c1-7(14-6-9(2,3)4)8-10-11-12-13(8)5/h7H,6H2,1-5H3. The Morgan fingerprint density at radius 2 is 2.07 bits per heavy atom. The molecule has 0 N–H and O–H groups in total. The SMILES string of the molecule is CC(SCC(C)(C)C)c1nnnn1C. The third-order valence-corrected chi connectivity index (χ3v) is 3.53. The number of aryl methyl sites for hydroxylation is 1. The maximum atomic E-state index is 4.00. The van der Waals surface area contributed by atoms with Crippen molar-refractivity contribution in [1.29, 1.82) is 0 Å². The Morgan fingerprint density at radius 3 is 2.50 bits per heavy atom. The van der Waals surface area contributed by atoms with Crippen molar-refractivity contribution in [3.63, 3.8) is 0 Å². The zero-order chi connectivity index (χ0) is 10.8. The van der Waals surface area contributed by atoms with Crippen LogP contribution >= 0.6 is 11.8 Å². The van der Waals surface area contributed by atoms with Gasteiger partial charge in [-0.15, -0.1) is 5.10 Å². The monoisotopic (exact) mass is 214 g/mol. The van der Waals surface area contributed by atoms with Gasteiger partial charge in [0.2, 0.25) is 0 Å². The average molecular weight is 214 g/mol. The van der Waals surface area contributed by atoms with Gasteiger partial charge in [-0.3, -0.25) is 0 Å². The van der Waals surface area contributed by atoms with Gasteiger partial charge in [0, 0.05) is 7.05 Å². The lowest BCUT2D eigenvalue weighted by atomic mass is 10.0. The van der Waals surface area contributed by atoms with Crippen LogP contribution in [0.3, 0.4) is 0 Å². The van der Waals surface area contributed by atoms with E-state index in [2.05, 4.69) is 43.2 Å². The lowest BCUT2D eigenvalue weighted by molar-refractivity contribution is 0.480. The van der Waals surface area contributed by atoms with Gasteiger partial charge in [-0.05, 0) is 28.5 Å². The van der Waals surface area contributed by atoms with E-state index in [4.69, 9.17) is 0 Å². The third-order valence-electron chi connectivity index (χ3n) is 1.78. The molecule has 0 saturated carbocycles. The molecule has 1 rings (SSSR count). The van der Waals surface area contributed by atoms with E-state index in [1.165, 1.54) is 0 Å². The lowest BCUT2D eigenvalue weighted by Gasteiger charge is -2.19. The van der Waals surface area contributed by atoms with Crippen LogP contribution in [-0.4, -0.2) is 26.0 Å². The van der Waals surface area contributed by atoms with Gasteiger partial charge in [0.25, 0.3) is 0 Å². The first-order valence-corrected chi connectivity index (χ1v) is 5.79. The van der Waals surface area contributed by atoms with E-state index in [9.17, 15) is 0 Å². The minimum absolute atomic E-state index is 0.352. The van der Waals surface area contributed by atoms with E-state index in [1.54, 1.807) is 4.68 Å². The predicted octanol–water partition coefficient (Wildman–Crippen LogP) is 2.05. The van der Waals surface area contributed by atoms with Gasteiger partial charge in [-0.25, -0.2) is 4.68 Å². The molecule has 0 amide bonds. The molecule has 0 aliphatic rings. The van der Waals surface area contributed by atoms with Gasteiger partial charge in [0.1, 0.15) is 0 Å². The van der Waals surface area contributed by atoms with Crippen molar-refractivity contribution in [1.82, 2.24) is 20.2 Å². The second kappa shape index (κ2) is 4.29. The van der Waals surface area contributed by atoms with Crippen LogP contribution in [0.1, 0.15) is 38.8 Å². The molecule has 0 bridgehead atoms. The summed E-state index contributed by atoms with van der Waals surface area (Å²) >= 11 is 1.89. The number of rotatable bonds is 3. The van der Waals surface area contributed by atoms with Crippen molar-refractivity contribution in [2.24, 2.45) is 12.5 Å². The molecule has 5 heteroatoms. The van der Waals surface area contributed by atoms with E-state index in [0.717, 1.165) is 11.6 Å². The number of tetrazole rings is 1. The molecule has 0 spiro atoms. The van der Waals surface area contributed by atoms with Crippen LogP contribution in [0, 0.1) is 5.41 Å². The van der Waals surface area contributed by atoms with Crippen molar-refractivity contribution < 1.29 is 0 Å². The van der Waals surface area contributed by atoms with E-state index >= 15 is 0 Å². The Balaban J connectivity index is 2.51. The van der Waals surface area contributed by atoms with Crippen LogP contribution in [0.4, 0.5) is 0 Å². The average Bonchev–Trinajstić information content (AvgIpc) is 2.46. The zero-order valence-electron chi connectivity index (χ0n) is 9.48. The quantitative estimate of drug-likeness (QED) is 0.772. The number of thioether (sulfide) groups is 1. The van der Waals surface area contributed by atoms with Crippen molar-refractivity contribution in [2.45, 2.75) is 32.9 Å². The smallest absolute Gasteiger partial charge is 0.163 e. The highest BCUT2D eigenvalue weighted by molar-refractivity contribution is 7.99. The third kappa shape index (κ3) is 3.29. The normalized spacial score (nSPS) is 14.4. The summed E-state index contributed by atoms with van der Waals surface area (Å²) < 4.78 is 1.74. The van der Waals surface area contributed by atoms with Crippen LogP contribution in [0.2, 0.25) is 0 Å². The number of hydrogen-bond acceptors (Lipinski definition) is 4. The summed E-state index contributed by atoms with van der Waals surface area (Å²) in [4.78, 5) is 0. The van der Waals surface area contributed by atoms with E-state index in [0.29, 0.717) is 10.7 Å². The van der Waals surface area contributed by atoms with Gasteiger partial charge in [-0.1, -0.05) is 20.8 Å². The summed E-state index contributed by atoms with van der Waals surface area (Å²) in [5.74, 6) is 2.06. The molecule has 0 radical (unpaired) electrons. The Kier molecular flexibility index (Phi) is 3.53. The van der Waals surface area contributed by atoms with Gasteiger partial charge in [0.05, 0.1) is 5.25 Å². The first-order valence-electron chi connectivity index (χ1n) is 4.74.